The van der Waals surface area contributed by atoms with Crippen molar-refractivity contribution in [2.45, 2.75) is 0 Å². The number of hydrogen-bond acceptors (Lipinski definition) is 1. The van der Waals surface area contributed by atoms with Crippen LogP contribution >= 0.6 is 50.7 Å². The summed E-state index contributed by atoms with van der Waals surface area (Å²) in [5.41, 5.74) is 0.722. The van der Waals surface area contributed by atoms with Crippen molar-refractivity contribution in [2.75, 3.05) is 0 Å². The number of carbonyl (C=O) groups excluding carboxylic acids is 1. The van der Waals surface area contributed by atoms with Crippen molar-refractivity contribution in [2.24, 2.45) is 0 Å². The molecule has 0 saturated carbocycles. The van der Waals surface area contributed by atoms with E-state index in [2.05, 4.69) is 15.9 Å². The Morgan fingerprint density at radius 3 is 2.39 bits per heavy atom. The van der Waals surface area contributed by atoms with Crippen LogP contribution in [0.2, 0.25) is 15.1 Å². The number of halogens is 4. The molecule has 0 atom stereocenters. The van der Waals surface area contributed by atoms with Gasteiger partial charge in [0.15, 0.2) is 5.78 Å². The lowest BCUT2D eigenvalue weighted by Gasteiger charge is -2.07. The number of carbonyl (C=O) groups is 1. The standard InChI is InChI=1S/C13H6BrCl3O/c14-7-4-5-10(15)9(6-7)13(18)8-2-1-3-11(16)12(8)17/h1-6H. The first-order valence-electron chi connectivity index (χ1n) is 4.94. The molecule has 0 bridgehead atoms. The fourth-order valence-electron chi connectivity index (χ4n) is 1.50. The summed E-state index contributed by atoms with van der Waals surface area (Å²) < 4.78 is 0.772. The molecule has 0 N–H and O–H groups in total. The molecule has 2 aromatic rings. The molecule has 1 nitrogen and oxygen atoms in total. The van der Waals surface area contributed by atoms with Gasteiger partial charge in [0.25, 0.3) is 0 Å². The maximum Gasteiger partial charge on any atom is 0.196 e. The Bertz CT molecular complexity index is 622. The van der Waals surface area contributed by atoms with E-state index in [0.717, 1.165) is 4.47 Å². The lowest BCUT2D eigenvalue weighted by molar-refractivity contribution is 0.103. The fraction of sp³-hybridized carbons (Fsp3) is 0. The van der Waals surface area contributed by atoms with E-state index in [1.807, 2.05) is 0 Å². The van der Waals surface area contributed by atoms with Crippen LogP contribution in [0.15, 0.2) is 40.9 Å². The Balaban J connectivity index is 2.55. The highest BCUT2D eigenvalue weighted by molar-refractivity contribution is 9.10. The molecule has 0 aliphatic rings. The second-order valence-electron chi connectivity index (χ2n) is 3.55. The van der Waals surface area contributed by atoms with Gasteiger partial charge in [0.05, 0.1) is 15.1 Å². The third-order valence-electron chi connectivity index (χ3n) is 2.37. The normalized spacial score (nSPS) is 10.4. The van der Waals surface area contributed by atoms with Crippen molar-refractivity contribution in [3.8, 4) is 0 Å². The van der Waals surface area contributed by atoms with Gasteiger partial charge in [-0.25, -0.2) is 0 Å². The van der Waals surface area contributed by atoms with Crippen LogP contribution in [0.3, 0.4) is 0 Å². The van der Waals surface area contributed by atoms with Crippen LogP contribution in [-0.4, -0.2) is 5.78 Å². The van der Waals surface area contributed by atoms with Crippen molar-refractivity contribution in [3.05, 3.63) is 67.1 Å². The van der Waals surface area contributed by atoms with E-state index in [4.69, 9.17) is 34.8 Å². The summed E-state index contributed by atoms with van der Waals surface area (Å²) in [7, 11) is 0. The van der Waals surface area contributed by atoms with E-state index in [-0.39, 0.29) is 10.8 Å². The van der Waals surface area contributed by atoms with Crippen LogP contribution in [0.1, 0.15) is 15.9 Å². The molecule has 2 rings (SSSR count). The Kier molecular flexibility index (Phi) is 4.33. The number of rotatable bonds is 2. The van der Waals surface area contributed by atoms with Gasteiger partial charge in [0, 0.05) is 15.6 Å². The monoisotopic (exact) mass is 362 g/mol. The second-order valence-corrected chi connectivity index (χ2v) is 5.66. The maximum atomic E-state index is 12.3. The largest absolute Gasteiger partial charge is 0.288 e. The summed E-state index contributed by atoms with van der Waals surface area (Å²) in [6.07, 6.45) is 0. The summed E-state index contributed by atoms with van der Waals surface area (Å²) >= 11 is 21.2. The summed E-state index contributed by atoms with van der Waals surface area (Å²) in [4.78, 5) is 12.3. The average Bonchev–Trinajstić information content (AvgIpc) is 2.35. The molecule has 0 radical (unpaired) electrons. The fourth-order valence-corrected chi connectivity index (χ4v) is 2.45. The Morgan fingerprint density at radius 2 is 1.67 bits per heavy atom. The molecule has 92 valence electrons. The number of benzene rings is 2. The van der Waals surface area contributed by atoms with Crippen molar-refractivity contribution in [3.63, 3.8) is 0 Å². The van der Waals surface area contributed by atoms with Crippen molar-refractivity contribution in [1.82, 2.24) is 0 Å². The molecule has 0 heterocycles. The average molecular weight is 364 g/mol. The van der Waals surface area contributed by atoms with E-state index in [1.54, 1.807) is 36.4 Å². The summed E-state index contributed by atoms with van der Waals surface area (Å²) in [5.74, 6) is -0.256. The molecule has 0 aromatic heterocycles. The molecule has 0 unspecified atom stereocenters. The van der Waals surface area contributed by atoms with Crippen molar-refractivity contribution >= 4 is 56.5 Å². The Hall–Kier alpha value is -0.540. The van der Waals surface area contributed by atoms with Crippen LogP contribution < -0.4 is 0 Å². The molecule has 18 heavy (non-hydrogen) atoms. The molecule has 0 aliphatic carbocycles. The van der Waals surface area contributed by atoms with Gasteiger partial charge < -0.3 is 0 Å². The Morgan fingerprint density at radius 1 is 0.944 bits per heavy atom. The molecule has 0 amide bonds. The van der Waals surface area contributed by atoms with Crippen molar-refractivity contribution in [1.29, 1.82) is 0 Å². The van der Waals surface area contributed by atoms with E-state index in [1.165, 1.54) is 0 Å². The lowest BCUT2D eigenvalue weighted by atomic mass is 10.0. The van der Waals surface area contributed by atoms with Gasteiger partial charge in [-0.1, -0.05) is 56.8 Å². The predicted molar refractivity (Wildman–Crippen MR) is 79.0 cm³/mol. The van der Waals surface area contributed by atoms with Crippen molar-refractivity contribution < 1.29 is 4.79 Å². The van der Waals surface area contributed by atoms with Crippen LogP contribution in [0.4, 0.5) is 0 Å². The minimum absolute atomic E-state index is 0.236. The van der Waals surface area contributed by atoms with Gasteiger partial charge in [0.1, 0.15) is 0 Å². The van der Waals surface area contributed by atoms with E-state index < -0.39 is 0 Å². The first kappa shape index (κ1) is 13.9. The van der Waals surface area contributed by atoms with Crippen LogP contribution in [0, 0.1) is 0 Å². The first-order valence-corrected chi connectivity index (χ1v) is 6.87. The van der Waals surface area contributed by atoms with Crippen LogP contribution in [0.5, 0.6) is 0 Å². The molecule has 0 aliphatic heterocycles. The molecular formula is C13H6BrCl3O. The zero-order valence-corrected chi connectivity index (χ0v) is 12.7. The van der Waals surface area contributed by atoms with E-state index >= 15 is 0 Å². The predicted octanol–water partition coefficient (Wildman–Crippen LogP) is 5.64. The molecule has 0 fully saturated rings. The quantitative estimate of drug-likeness (QED) is 0.630. The third kappa shape index (κ3) is 2.72. The molecule has 5 heteroatoms. The van der Waals surface area contributed by atoms with Crippen LogP contribution in [-0.2, 0) is 0 Å². The zero-order chi connectivity index (χ0) is 13.3. The number of ketones is 1. The molecule has 0 saturated heterocycles. The van der Waals surface area contributed by atoms with Gasteiger partial charge in [-0.15, -0.1) is 0 Å². The number of hydrogen-bond donors (Lipinski definition) is 0. The highest BCUT2D eigenvalue weighted by Gasteiger charge is 2.17. The second kappa shape index (κ2) is 5.62. The zero-order valence-electron chi connectivity index (χ0n) is 8.88. The third-order valence-corrected chi connectivity index (χ3v) is 4.01. The highest BCUT2D eigenvalue weighted by Crippen LogP contribution is 2.30. The van der Waals surface area contributed by atoms with E-state index in [0.29, 0.717) is 21.2 Å². The van der Waals surface area contributed by atoms with Gasteiger partial charge in [-0.05, 0) is 30.3 Å². The molecule has 0 spiro atoms. The van der Waals surface area contributed by atoms with Gasteiger partial charge >= 0.3 is 0 Å². The molecular weight excluding hydrogens is 358 g/mol. The highest BCUT2D eigenvalue weighted by atomic mass is 79.9. The van der Waals surface area contributed by atoms with E-state index in [9.17, 15) is 4.79 Å². The first-order chi connectivity index (χ1) is 8.50. The minimum atomic E-state index is -0.256. The van der Waals surface area contributed by atoms with Gasteiger partial charge in [-0.2, -0.15) is 0 Å². The summed E-state index contributed by atoms with van der Waals surface area (Å²) in [5, 5.41) is 0.952. The smallest absolute Gasteiger partial charge is 0.196 e. The topological polar surface area (TPSA) is 17.1 Å². The van der Waals surface area contributed by atoms with Crippen LogP contribution in [0.25, 0.3) is 0 Å². The SMILES string of the molecule is O=C(c1cc(Br)ccc1Cl)c1cccc(Cl)c1Cl. The lowest BCUT2D eigenvalue weighted by Crippen LogP contribution is -2.03. The minimum Gasteiger partial charge on any atom is -0.288 e. The van der Waals surface area contributed by atoms with Gasteiger partial charge in [0.2, 0.25) is 0 Å². The maximum absolute atomic E-state index is 12.3. The summed E-state index contributed by atoms with van der Waals surface area (Å²) in [6.45, 7) is 0. The summed E-state index contributed by atoms with van der Waals surface area (Å²) in [6, 6.07) is 9.99. The molecule has 2 aromatic carbocycles. The Labute approximate surface area is 128 Å². The van der Waals surface area contributed by atoms with Gasteiger partial charge in [-0.3, -0.25) is 4.79 Å².